The van der Waals surface area contributed by atoms with Crippen LogP contribution in [0, 0.1) is 5.92 Å². The third-order valence-corrected chi connectivity index (χ3v) is 5.73. The summed E-state index contributed by atoms with van der Waals surface area (Å²) < 4.78 is 32.9. The minimum atomic E-state index is -3.54. The van der Waals surface area contributed by atoms with Gasteiger partial charge in [0.05, 0.1) is 6.61 Å². The summed E-state index contributed by atoms with van der Waals surface area (Å²) in [5.74, 6) is 0.254. The van der Waals surface area contributed by atoms with E-state index in [-0.39, 0.29) is 15.5 Å². The van der Waals surface area contributed by atoms with Crippen LogP contribution >= 0.6 is 15.9 Å². The Labute approximate surface area is 114 Å². The van der Waals surface area contributed by atoms with Crippen LogP contribution in [-0.4, -0.2) is 54.5 Å². The lowest BCUT2D eigenvalue weighted by atomic mass is 10.1. The van der Waals surface area contributed by atoms with Crippen molar-refractivity contribution < 1.29 is 13.2 Å². The quantitative estimate of drug-likeness (QED) is 0.785. The van der Waals surface area contributed by atoms with Gasteiger partial charge in [-0.25, -0.2) is 13.1 Å². The summed E-state index contributed by atoms with van der Waals surface area (Å²) in [6.07, 6.45) is 0.815. The first-order valence-corrected chi connectivity index (χ1v) is 7.74. The molecule has 0 radical (unpaired) electrons. The zero-order chi connectivity index (χ0) is 13.3. The van der Waals surface area contributed by atoms with Crippen molar-refractivity contribution in [3.05, 3.63) is 4.60 Å². The molecule has 2 rings (SSSR count). The third kappa shape index (κ3) is 2.44. The zero-order valence-corrected chi connectivity index (χ0v) is 12.6. The summed E-state index contributed by atoms with van der Waals surface area (Å²) >= 11 is 3.12. The minimum Gasteiger partial charge on any atom is -0.384 e. The predicted molar refractivity (Wildman–Crippen MR) is 67.4 cm³/mol. The Morgan fingerprint density at radius 2 is 2.28 bits per heavy atom. The summed E-state index contributed by atoms with van der Waals surface area (Å²) in [6, 6.07) is 0. The number of hydrogen-bond donors (Lipinski definition) is 0. The average Bonchev–Trinajstić information content (AvgIpc) is 2.87. The number of aryl methyl sites for hydroxylation is 1. The second kappa shape index (κ2) is 5.24. The van der Waals surface area contributed by atoms with Crippen LogP contribution in [0.1, 0.15) is 6.42 Å². The molecular weight excluding hydrogens is 324 g/mol. The number of ether oxygens (including phenoxy) is 1. The van der Waals surface area contributed by atoms with Gasteiger partial charge in [0.25, 0.3) is 10.0 Å². The molecule has 1 aliphatic rings. The Balaban J connectivity index is 2.23. The Morgan fingerprint density at radius 1 is 1.56 bits per heavy atom. The van der Waals surface area contributed by atoms with Gasteiger partial charge in [-0.15, -0.1) is 5.10 Å². The number of nitrogens with zero attached hydrogens (tertiary/aromatic N) is 4. The number of hydrogen-bond acceptors (Lipinski definition) is 5. The van der Waals surface area contributed by atoms with E-state index in [1.54, 1.807) is 14.2 Å². The summed E-state index contributed by atoms with van der Waals surface area (Å²) in [5.41, 5.74) is 0. The largest absolute Gasteiger partial charge is 0.384 e. The first-order chi connectivity index (χ1) is 8.46. The van der Waals surface area contributed by atoms with E-state index in [4.69, 9.17) is 4.74 Å². The highest BCUT2D eigenvalue weighted by Crippen LogP contribution is 2.27. The van der Waals surface area contributed by atoms with Crippen molar-refractivity contribution in [2.45, 2.75) is 11.4 Å². The Bertz CT molecular complexity index is 510. The van der Waals surface area contributed by atoms with Crippen LogP contribution in [0.15, 0.2) is 9.63 Å². The van der Waals surface area contributed by atoms with Gasteiger partial charge in [-0.1, -0.05) is 5.21 Å². The molecule has 0 N–H and O–H groups in total. The molecule has 1 unspecified atom stereocenters. The van der Waals surface area contributed by atoms with E-state index in [0.29, 0.717) is 19.7 Å². The molecule has 102 valence electrons. The molecule has 0 aromatic carbocycles. The van der Waals surface area contributed by atoms with E-state index in [1.807, 2.05) is 0 Å². The highest BCUT2D eigenvalue weighted by molar-refractivity contribution is 9.10. The van der Waals surface area contributed by atoms with Crippen molar-refractivity contribution in [3.8, 4) is 0 Å². The predicted octanol–water partition coefficient (Wildman–Crippen LogP) is 0.235. The molecule has 2 heterocycles. The Morgan fingerprint density at radius 3 is 2.83 bits per heavy atom. The minimum absolute atomic E-state index is 0.0977. The zero-order valence-electron chi connectivity index (χ0n) is 10.2. The maximum Gasteiger partial charge on any atom is 0.263 e. The van der Waals surface area contributed by atoms with Crippen LogP contribution in [0.25, 0.3) is 0 Å². The van der Waals surface area contributed by atoms with Gasteiger partial charge < -0.3 is 4.74 Å². The molecule has 1 aromatic rings. The molecule has 0 amide bonds. The van der Waals surface area contributed by atoms with E-state index < -0.39 is 10.0 Å². The SMILES string of the molecule is COCC1CCN(S(=O)(=O)c2c(Br)nnn2C)C1. The molecule has 0 saturated carbocycles. The van der Waals surface area contributed by atoms with Gasteiger partial charge in [-0.3, -0.25) is 0 Å². The van der Waals surface area contributed by atoms with Gasteiger partial charge in [-0.2, -0.15) is 4.31 Å². The number of halogens is 1. The van der Waals surface area contributed by atoms with Gasteiger partial charge >= 0.3 is 0 Å². The normalized spacial score (nSPS) is 21.6. The van der Waals surface area contributed by atoms with Crippen LogP contribution in [0.2, 0.25) is 0 Å². The third-order valence-electron chi connectivity index (χ3n) is 2.97. The molecule has 1 saturated heterocycles. The second-order valence-corrected chi connectivity index (χ2v) is 6.89. The van der Waals surface area contributed by atoms with Gasteiger partial charge in [0, 0.05) is 27.2 Å². The first kappa shape index (κ1) is 13.9. The summed E-state index contributed by atoms with van der Waals surface area (Å²) in [7, 11) is -0.352. The lowest BCUT2D eigenvalue weighted by Gasteiger charge is -2.16. The van der Waals surface area contributed by atoms with Gasteiger partial charge in [0.15, 0.2) is 4.60 Å². The molecule has 18 heavy (non-hydrogen) atoms. The van der Waals surface area contributed by atoms with Crippen molar-refractivity contribution in [3.63, 3.8) is 0 Å². The smallest absolute Gasteiger partial charge is 0.263 e. The standard InChI is InChI=1S/C9H15BrN4O3S/c1-13-9(8(10)11-12-13)18(15,16)14-4-3-7(5-14)6-17-2/h7H,3-6H2,1-2H3. The molecule has 9 heteroatoms. The molecule has 0 bridgehead atoms. The highest BCUT2D eigenvalue weighted by Gasteiger charge is 2.36. The van der Waals surface area contributed by atoms with Crippen molar-refractivity contribution >= 4 is 26.0 Å². The number of methoxy groups -OCH3 is 1. The van der Waals surface area contributed by atoms with Crippen molar-refractivity contribution in [2.75, 3.05) is 26.8 Å². The summed E-state index contributed by atoms with van der Waals surface area (Å²) in [4.78, 5) is 0. The topological polar surface area (TPSA) is 77.3 Å². The highest BCUT2D eigenvalue weighted by atomic mass is 79.9. The first-order valence-electron chi connectivity index (χ1n) is 5.51. The lowest BCUT2D eigenvalue weighted by molar-refractivity contribution is 0.157. The van der Waals surface area contributed by atoms with Crippen LogP contribution in [-0.2, 0) is 21.8 Å². The summed E-state index contributed by atoms with van der Waals surface area (Å²) in [6.45, 7) is 1.57. The van der Waals surface area contributed by atoms with E-state index >= 15 is 0 Å². The average molecular weight is 339 g/mol. The van der Waals surface area contributed by atoms with Gasteiger partial charge in [0.2, 0.25) is 5.03 Å². The molecule has 1 aliphatic heterocycles. The fraction of sp³-hybridized carbons (Fsp3) is 0.778. The van der Waals surface area contributed by atoms with Crippen LogP contribution in [0.5, 0.6) is 0 Å². The van der Waals surface area contributed by atoms with Crippen molar-refractivity contribution in [2.24, 2.45) is 13.0 Å². The fourth-order valence-electron chi connectivity index (χ4n) is 2.11. The molecule has 7 nitrogen and oxygen atoms in total. The Hall–Kier alpha value is -0.510. The number of aromatic nitrogens is 3. The molecule has 0 aliphatic carbocycles. The molecule has 1 fully saturated rings. The van der Waals surface area contributed by atoms with E-state index in [0.717, 1.165) is 6.42 Å². The maximum atomic E-state index is 12.4. The van der Waals surface area contributed by atoms with Crippen LogP contribution < -0.4 is 0 Å². The van der Waals surface area contributed by atoms with Crippen LogP contribution in [0.4, 0.5) is 0 Å². The summed E-state index contributed by atoms with van der Waals surface area (Å²) in [5, 5.41) is 7.50. The number of sulfonamides is 1. The van der Waals surface area contributed by atoms with Crippen LogP contribution in [0.3, 0.4) is 0 Å². The fourth-order valence-corrected chi connectivity index (χ4v) is 4.67. The molecule has 1 atom stereocenters. The van der Waals surface area contributed by atoms with Crippen molar-refractivity contribution in [1.29, 1.82) is 0 Å². The monoisotopic (exact) mass is 338 g/mol. The second-order valence-electron chi connectivity index (χ2n) is 4.28. The number of rotatable bonds is 4. The van der Waals surface area contributed by atoms with Crippen molar-refractivity contribution in [1.82, 2.24) is 19.3 Å². The van der Waals surface area contributed by atoms with Gasteiger partial charge in [0.1, 0.15) is 0 Å². The molecule has 0 spiro atoms. The Kier molecular flexibility index (Phi) is 4.05. The van der Waals surface area contributed by atoms with E-state index in [9.17, 15) is 8.42 Å². The van der Waals surface area contributed by atoms with Gasteiger partial charge in [-0.05, 0) is 28.3 Å². The molecule has 1 aromatic heterocycles. The molecular formula is C9H15BrN4O3S. The van der Waals surface area contributed by atoms with E-state index in [1.165, 1.54) is 8.99 Å². The lowest BCUT2D eigenvalue weighted by Crippen LogP contribution is -2.31. The van der Waals surface area contributed by atoms with E-state index in [2.05, 4.69) is 26.2 Å². The maximum absolute atomic E-state index is 12.4.